The molecule has 26 heavy (non-hydrogen) atoms. The summed E-state index contributed by atoms with van der Waals surface area (Å²) in [5.41, 5.74) is 0.927. The second kappa shape index (κ2) is 10.4. The van der Waals surface area contributed by atoms with E-state index in [4.69, 9.17) is 9.47 Å². The van der Waals surface area contributed by atoms with E-state index in [1.807, 2.05) is 24.4 Å². The third kappa shape index (κ3) is 6.68. The number of nitrogens with one attached hydrogen (secondary N) is 1. The van der Waals surface area contributed by atoms with E-state index in [-0.39, 0.29) is 19.0 Å². The molecule has 2 rings (SSSR count). The Morgan fingerprint density at radius 1 is 1.08 bits per heavy atom. The molecule has 0 aliphatic heterocycles. The number of hydrogen-bond donors (Lipinski definition) is 1. The molecule has 2 aromatic rings. The van der Waals surface area contributed by atoms with Crippen molar-refractivity contribution in [2.75, 3.05) is 18.5 Å². The summed E-state index contributed by atoms with van der Waals surface area (Å²) in [6.07, 6.45) is 1.93. The average molecular weight is 375 g/mol. The van der Waals surface area contributed by atoms with Gasteiger partial charge in [-0.05, 0) is 42.1 Å². The first-order valence-electron chi connectivity index (χ1n) is 8.33. The Morgan fingerprint density at radius 3 is 2.50 bits per heavy atom. The van der Waals surface area contributed by atoms with Crippen molar-refractivity contribution in [1.82, 2.24) is 0 Å². The lowest BCUT2D eigenvalue weighted by atomic mass is 10.2. The van der Waals surface area contributed by atoms with Crippen molar-refractivity contribution in [3.8, 4) is 0 Å². The molecule has 0 spiro atoms. The molecule has 1 aromatic heterocycles. The quantitative estimate of drug-likeness (QED) is 0.536. The second-order valence-electron chi connectivity index (χ2n) is 5.53. The van der Waals surface area contributed by atoms with Crippen LogP contribution in [0.15, 0.2) is 41.8 Å². The van der Waals surface area contributed by atoms with Crippen LogP contribution in [0.5, 0.6) is 0 Å². The van der Waals surface area contributed by atoms with Gasteiger partial charge in [-0.25, -0.2) is 4.79 Å². The Balaban J connectivity index is 1.74. The van der Waals surface area contributed by atoms with Crippen LogP contribution in [-0.4, -0.2) is 31.1 Å². The molecular weight excluding hydrogens is 354 g/mol. The first-order chi connectivity index (χ1) is 12.6. The highest BCUT2D eigenvalue weighted by Gasteiger charge is 2.11. The van der Waals surface area contributed by atoms with E-state index >= 15 is 0 Å². The number of rotatable bonds is 9. The molecule has 0 saturated carbocycles. The number of benzene rings is 1. The van der Waals surface area contributed by atoms with E-state index in [1.54, 1.807) is 24.3 Å². The predicted molar refractivity (Wildman–Crippen MR) is 99.2 cm³/mol. The van der Waals surface area contributed by atoms with Gasteiger partial charge in [-0.3, -0.25) is 9.59 Å². The Labute approximate surface area is 156 Å². The zero-order chi connectivity index (χ0) is 18.8. The largest absolute Gasteiger partial charge is 0.462 e. The lowest BCUT2D eigenvalue weighted by Crippen LogP contribution is -2.21. The van der Waals surface area contributed by atoms with Crippen molar-refractivity contribution in [3.63, 3.8) is 0 Å². The van der Waals surface area contributed by atoms with E-state index in [0.717, 1.165) is 17.7 Å². The Bertz CT molecular complexity index is 725. The Kier molecular flexibility index (Phi) is 7.82. The lowest BCUT2D eigenvalue weighted by Gasteiger charge is -2.08. The highest BCUT2D eigenvalue weighted by atomic mass is 32.1. The van der Waals surface area contributed by atoms with Gasteiger partial charge >= 0.3 is 11.9 Å². The van der Waals surface area contributed by atoms with Crippen molar-refractivity contribution in [3.05, 3.63) is 52.2 Å². The normalized spacial score (nSPS) is 10.2. The molecule has 1 amide bonds. The van der Waals surface area contributed by atoms with Gasteiger partial charge in [-0.15, -0.1) is 11.3 Å². The number of esters is 2. The molecule has 6 nitrogen and oxygen atoms in total. The van der Waals surface area contributed by atoms with Crippen LogP contribution in [0.3, 0.4) is 0 Å². The van der Waals surface area contributed by atoms with Crippen molar-refractivity contribution in [2.45, 2.75) is 26.2 Å². The second-order valence-corrected chi connectivity index (χ2v) is 6.56. The summed E-state index contributed by atoms with van der Waals surface area (Å²) in [7, 11) is 0. The van der Waals surface area contributed by atoms with Gasteiger partial charge in [0.15, 0.2) is 6.61 Å². The van der Waals surface area contributed by atoms with Crippen molar-refractivity contribution >= 4 is 34.9 Å². The maximum absolute atomic E-state index is 11.8. The minimum absolute atomic E-state index is 0.153. The van der Waals surface area contributed by atoms with Crippen LogP contribution in [0.1, 0.15) is 35.0 Å². The van der Waals surface area contributed by atoms with E-state index in [0.29, 0.717) is 17.9 Å². The fraction of sp³-hybridized carbons (Fsp3) is 0.316. The molecule has 1 aromatic carbocycles. The summed E-state index contributed by atoms with van der Waals surface area (Å²) in [5.74, 6) is -1.28. The number of amides is 1. The van der Waals surface area contributed by atoms with Crippen LogP contribution >= 0.6 is 11.3 Å². The minimum Gasteiger partial charge on any atom is -0.462 e. The average Bonchev–Trinajstić information content (AvgIpc) is 3.13. The van der Waals surface area contributed by atoms with Gasteiger partial charge in [0.1, 0.15) is 0 Å². The SMILES string of the molecule is CCCCOC(=O)c1ccc(NC(=O)COC(=O)Cc2cccs2)cc1. The number of thiophene rings is 1. The van der Waals surface area contributed by atoms with Gasteiger partial charge in [0.25, 0.3) is 5.91 Å². The number of anilines is 1. The Hall–Kier alpha value is -2.67. The molecule has 138 valence electrons. The predicted octanol–water partition coefficient (Wildman–Crippen LogP) is 3.43. The van der Waals surface area contributed by atoms with Gasteiger partial charge in [0.2, 0.25) is 0 Å². The van der Waals surface area contributed by atoms with E-state index in [1.165, 1.54) is 11.3 Å². The molecule has 0 unspecified atom stereocenters. The van der Waals surface area contributed by atoms with Gasteiger partial charge in [-0.2, -0.15) is 0 Å². The number of carbonyl (C=O) groups excluding carboxylic acids is 3. The van der Waals surface area contributed by atoms with E-state index < -0.39 is 11.9 Å². The molecule has 0 bridgehead atoms. The fourth-order valence-corrected chi connectivity index (χ4v) is 2.72. The minimum atomic E-state index is -0.451. The molecule has 1 heterocycles. The lowest BCUT2D eigenvalue weighted by molar-refractivity contribution is -0.146. The molecule has 0 aliphatic carbocycles. The molecule has 0 atom stereocenters. The number of carbonyl (C=O) groups is 3. The summed E-state index contributed by atoms with van der Waals surface area (Å²) >= 11 is 1.46. The zero-order valence-electron chi connectivity index (χ0n) is 14.5. The monoisotopic (exact) mass is 375 g/mol. The number of unbranched alkanes of at least 4 members (excludes halogenated alkanes) is 1. The van der Waals surface area contributed by atoms with Crippen molar-refractivity contribution < 1.29 is 23.9 Å². The van der Waals surface area contributed by atoms with Gasteiger partial charge in [0.05, 0.1) is 18.6 Å². The van der Waals surface area contributed by atoms with Gasteiger partial charge in [-0.1, -0.05) is 19.4 Å². The topological polar surface area (TPSA) is 81.7 Å². The Morgan fingerprint density at radius 2 is 1.85 bits per heavy atom. The maximum atomic E-state index is 11.8. The van der Waals surface area contributed by atoms with Crippen LogP contribution < -0.4 is 5.32 Å². The van der Waals surface area contributed by atoms with Crippen LogP contribution in [0.25, 0.3) is 0 Å². The molecule has 0 aliphatic rings. The summed E-state index contributed by atoms with van der Waals surface area (Å²) in [4.78, 5) is 36.2. The number of hydrogen-bond acceptors (Lipinski definition) is 6. The third-order valence-electron chi connectivity index (χ3n) is 3.40. The standard InChI is InChI=1S/C19H21NO5S/c1-2-3-10-24-19(23)14-6-8-15(9-7-14)20-17(21)13-25-18(22)12-16-5-4-11-26-16/h4-9,11H,2-3,10,12-13H2,1H3,(H,20,21). The summed E-state index contributed by atoms with van der Waals surface area (Å²) in [5, 5.41) is 4.48. The van der Waals surface area contributed by atoms with Gasteiger partial charge < -0.3 is 14.8 Å². The molecule has 7 heteroatoms. The highest BCUT2D eigenvalue weighted by molar-refractivity contribution is 7.10. The molecular formula is C19H21NO5S. The van der Waals surface area contributed by atoms with Crippen molar-refractivity contribution in [2.24, 2.45) is 0 Å². The van der Waals surface area contributed by atoms with E-state index in [9.17, 15) is 14.4 Å². The third-order valence-corrected chi connectivity index (χ3v) is 4.27. The van der Waals surface area contributed by atoms with Crippen LogP contribution in [0.2, 0.25) is 0 Å². The summed E-state index contributed by atoms with van der Waals surface area (Å²) < 4.78 is 10.1. The molecule has 0 saturated heterocycles. The summed E-state index contributed by atoms with van der Waals surface area (Å²) in [6, 6.07) is 10.0. The number of ether oxygens (including phenoxy) is 2. The van der Waals surface area contributed by atoms with Crippen LogP contribution in [0.4, 0.5) is 5.69 Å². The molecule has 0 radical (unpaired) electrons. The summed E-state index contributed by atoms with van der Waals surface area (Å²) in [6.45, 7) is 2.06. The van der Waals surface area contributed by atoms with Crippen molar-refractivity contribution in [1.29, 1.82) is 0 Å². The van der Waals surface area contributed by atoms with E-state index in [2.05, 4.69) is 5.32 Å². The first-order valence-corrected chi connectivity index (χ1v) is 9.21. The van der Waals surface area contributed by atoms with Crippen LogP contribution in [-0.2, 0) is 25.5 Å². The fourth-order valence-electron chi connectivity index (χ4n) is 2.03. The molecule has 0 fully saturated rings. The zero-order valence-corrected chi connectivity index (χ0v) is 15.3. The highest BCUT2D eigenvalue weighted by Crippen LogP contribution is 2.12. The molecule has 1 N–H and O–H groups in total. The first kappa shape index (κ1) is 19.7. The smallest absolute Gasteiger partial charge is 0.338 e. The van der Waals surface area contributed by atoms with Crippen LogP contribution in [0, 0.1) is 0 Å². The maximum Gasteiger partial charge on any atom is 0.338 e. The van der Waals surface area contributed by atoms with Gasteiger partial charge in [0, 0.05) is 10.6 Å².